The molecule has 2 amide bonds. The van der Waals surface area contributed by atoms with E-state index in [9.17, 15) is 9.59 Å². The van der Waals surface area contributed by atoms with E-state index in [1.165, 1.54) is 18.7 Å². The third-order valence-electron chi connectivity index (χ3n) is 3.36. The lowest BCUT2D eigenvalue weighted by molar-refractivity contribution is -0.124. The van der Waals surface area contributed by atoms with E-state index in [-0.39, 0.29) is 11.8 Å². The Labute approximate surface area is 138 Å². The van der Waals surface area contributed by atoms with Crippen LogP contribution in [0.5, 0.6) is 0 Å². The fourth-order valence-electron chi connectivity index (χ4n) is 2.31. The van der Waals surface area contributed by atoms with Crippen LogP contribution in [-0.2, 0) is 14.3 Å². The van der Waals surface area contributed by atoms with E-state index in [1.54, 1.807) is 17.0 Å². The molecule has 2 heterocycles. The molecule has 0 radical (unpaired) electrons. The van der Waals surface area contributed by atoms with Crippen LogP contribution in [-0.4, -0.2) is 40.8 Å². The first-order valence-corrected chi connectivity index (χ1v) is 8.32. The summed E-state index contributed by atoms with van der Waals surface area (Å²) in [5.74, 6) is 1.16. The average molecular weight is 331 g/mol. The molecule has 0 saturated carbocycles. The molecule has 1 fully saturated rings. The normalized spacial score (nSPS) is 19.0. The van der Waals surface area contributed by atoms with Crippen molar-refractivity contribution in [2.24, 2.45) is 4.99 Å². The molecule has 7 heteroatoms. The largest absolute Gasteiger partial charge is 0.496 e. The molecular formula is C16H17N3O3S. The summed E-state index contributed by atoms with van der Waals surface area (Å²) in [5.41, 5.74) is 1.46. The second-order valence-electron chi connectivity index (χ2n) is 5.20. The number of anilines is 1. The zero-order chi connectivity index (χ0) is 16.2. The summed E-state index contributed by atoms with van der Waals surface area (Å²) in [7, 11) is 0. The van der Waals surface area contributed by atoms with Gasteiger partial charge in [-0.25, -0.2) is 4.99 Å². The standard InChI is InChI=1S/C16H17N3O3S/c1-11(20)17-12-4-6-13(7-5-12)18-16-19(15(21)10-23-16)9-14-3-2-8-22-14/h3-7H,2,8-10H2,1H3,(H,17,20). The Morgan fingerprint density at radius 1 is 1.39 bits per heavy atom. The van der Waals surface area contributed by atoms with E-state index in [2.05, 4.69) is 10.3 Å². The first-order chi connectivity index (χ1) is 11.1. The molecule has 2 aliphatic heterocycles. The van der Waals surface area contributed by atoms with Crippen LogP contribution in [0.2, 0.25) is 0 Å². The molecule has 2 aliphatic rings. The highest BCUT2D eigenvalue weighted by Gasteiger charge is 2.29. The monoisotopic (exact) mass is 331 g/mol. The summed E-state index contributed by atoms with van der Waals surface area (Å²) in [6, 6.07) is 7.20. The number of nitrogens with one attached hydrogen (secondary N) is 1. The van der Waals surface area contributed by atoms with Crippen molar-refractivity contribution in [2.75, 3.05) is 24.2 Å². The van der Waals surface area contributed by atoms with Crippen molar-refractivity contribution >= 4 is 40.1 Å². The Kier molecular flexibility index (Phi) is 4.66. The SMILES string of the molecule is CC(=O)Nc1ccc(N=C2SCC(=O)N2CC2=CCCO2)cc1. The van der Waals surface area contributed by atoms with Crippen LogP contribution in [0.15, 0.2) is 41.1 Å². The van der Waals surface area contributed by atoms with Crippen LogP contribution in [0.4, 0.5) is 11.4 Å². The summed E-state index contributed by atoms with van der Waals surface area (Å²) in [6.07, 6.45) is 2.90. The van der Waals surface area contributed by atoms with Crippen molar-refractivity contribution in [1.82, 2.24) is 4.90 Å². The van der Waals surface area contributed by atoms with E-state index < -0.39 is 0 Å². The van der Waals surface area contributed by atoms with Crippen LogP contribution >= 0.6 is 11.8 Å². The van der Waals surface area contributed by atoms with Crippen LogP contribution in [0.25, 0.3) is 0 Å². The lowest BCUT2D eigenvalue weighted by atomic mass is 10.3. The Morgan fingerprint density at radius 3 is 2.83 bits per heavy atom. The van der Waals surface area contributed by atoms with Crippen LogP contribution < -0.4 is 5.32 Å². The molecule has 1 saturated heterocycles. The summed E-state index contributed by atoms with van der Waals surface area (Å²) in [4.78, 5) is 29.2. The van der Waals surface area contributed by atoms with E-state index in [0.717, 1.165) is 23.6 Å². The number of nitrogens with zero attached hydrogens (tertiary/aromatic N) is 2. The van der Waals surface area contributed by atoms with Gasteiger partial charge in [-0.2, -0.15) is 0 Å². The minimum Gasteiger partial charge on any atom is -0.496 e. The van der Waals surface area contributed by atoms with Gasteiger partial charge in [0.2, 0.25) is 11.8 Å². The van der Waals surface area contributed by atoms with Gasteiger partial charge >= 0.3 is 0 Å². The molecule has 0 spiro atoms. The maximum Gasteiger partial charge on any atom is 0.239 e. The number of carbonyl (C=O) groups excluding carboxylic acids is 2. The lowest BCUT2D eigenvalue weighted by Crippen LogP contribution is -2.31. The topological polar surface area (TPSA) is 71.0 Å². The fraction of sp³-hybridized carbons (Fsp3) is 0.312. The van der Waals surface area contributed by atoms with E-state index in [4.69, 9.17) is 4.74 Å². The van der Waals surface area contributed by atoms with Gasteiger partial charge in [-0.05, 0) is 30.3 Å². The van der Waals surface area contributed by atoms with E-state index in [0.29, 0.717) is 24.1 Å². The molecule has 1 N–H and O–H groups in total. The third-order valence-corrected chi connectivity index (χ3v) is 4.32. The summed E-state index contributed by atoms with van der Waals surface area (Å²) in [5, 5.41) is 3.39. The number of hydrogen-bond acceptors (Lipinski definition) is 5. The average Bonchev–Trinajstić information content (AvgIpc) is 3.14. The summed E-state index contributed by atoms with van der Waals surface area (Å²) in [6.45, 7) is 2.59. The van der Waals surface area contributed by atoms with Crippen molar-refractivity contribution in [1.29, 1.82) is 0 Å². The first-order valence-electron chi connectivity index (χ1n) is 7.33. The predicted molar refractivity (Wildman–Crippen MR) is 90.7 cm³/mol. The molecule has 120 valence electrons. The molecule has 0 bridgehead atoms. The molecule has 0 unspecified atom stereocenters. The summed E-state index contributed by atoms with van der Waals surface area (Å²) >= 11 is 1.43. The molecule has 6 nitrogen and oxygen atoms in total. The van der Waals surface area contributed by atoms with Crippen molar-refractivity contribution < 1.29 is 14.3 Å². The van der Waals surface area contributed by atoms with Crippen molar-refractivity contribution in [3.63, 3.8) is 0 Å². The van der Waals surface area contributed by atoms with Gasteiger partial charge in [-0.1, -0.05) is 11.8 Å². The van der Waals surface area contributed by atoms with Gasteiger partial charge in [-0.15, -0.1) is 0 Å². The van der Waals surface area contributed by atoms with Gasteiger partial charge in [0.15, 0.2) is 5.17 Å². The van der Waals surface area contributed by atoms with Crippen molar-refractivity contribution in [3.8, 4) is 0 Å². The third kappa shape index (κ3) is 3.92. The van der Waals surface area contributed by atoms with Crippen molar-refractivity contribution in [3.05, 3.63) is 36.1 Å². The molecule has 1 aromatic carbocycles. The predicted octanol–water partition coefficient (Wildman–Crippen LogP) is 2.51. The fourth-order valence-corrected chi connectivity index (χ4v) is 3.21. The maximum atomic E-state index is 12.0. The van der Waals surface area contributed by atoms with Gasteiger partial charge in [-0.3, -0.25) is 14.5 Å². The number of aliphatic imine (C=N–C) groups is 1. The highest BCUT2D eigenvalue weighted by molar-refractivity contribution is 8.15. The lowest BCUT2D eigenvalue weighted by Gasteiger charge is -2.16. The number of hydrogen-bond donors (Lipinski definition) is 1. The van der Waals surface area contributed by atoms with Gasteiger partial charge in [0, 0.05) is 19.0 Å². The quantitative estimate of drug-likeness (QED) is 0.920. The first kappa shape index (κ1) is 15.6. The molecule has 0 atom stereocenters. The molecule has 23 heavy (non-hydrogen) atoms. The number of ether oxygens (including phenoxy) is 1. The number of thioether (sulfide) groups is 1. The highest BCUT2D eigenvalue weighted by atomic mass is 32.2. The number of amides is 2. The maximum absolute atomic E-state index is 12.0. The summed E-state index contributed by atoms with van der Waals surface area (Å²) < 4.78 is 5.48. The Morgan fingerprint density at radius 2 is 2.17 bits per heavy atom. The van der Waals surface area contributed by atoms with Crippen LogP contribution in [0, 0.1) is 0 Å². The molecular weight excluding hydrogens is 314 g/mol. The van der Waals surface area contributed by atoms with Crippen LogP contribution in [0.1, 0.15) is 13.3 Å². The minimum atomic E-state index is -0.114. The molecule has 3 rings (SSSR count). The second kappa shape index (κ2) is 6.87. The van der Waals surface area contributed by atoms with Gasteiger partial charge in [0.1, 0.15) is 5.76 Å². The van der Waals surface area contributed by atoms with Gasteiger partial charge < -0.3 is 10.1 Å². The zero-order valence-corrected chi connectivity index (χ0v) is 13.6. The van der Waals surface area contributed by atoms with Crippen LogP contribution in [0.3, 0.4) is 0 Å². The zero-order valence-electron chi connectivity index (χ0n) is 12.7. The van der Waals surface area contributed by atoms with Gasteiger partial charge in [0.05, 0.1) is 24.6 Å². The Bertz CT molecular complexity index is 682. The Balaban J connectivity index is 1.74. The smallest absolute Gasteiger partial charge is 0.239 e. The number of benzene rings is 1. The molecule has 1 aromatic rings. The second-order valence-corrected chi connectivity index (χ2v) is 6.14. The Hall–Kier alpha value is -2.28. The van der Waals surface area contributed by atoms with E-state index in [1.807, 2.05) is 18.2 Å². The minimum absolute atomic E-state index is 0.0417. The molecule has 0 aromatic heterocycles. The van der Waals surface area contributed by atoms with Crippen molar-refractivity contribution in [2.45, 2.75) is 13.3 Å². The highest BCUT2D eigenvalue weighted by Crippen LogP contribution is 2.26. The number of carbonyl (C=O) groups is 2. The number of amidine groups is 1. The number of rotatable bonds is 4. The van der Waals surface area contributed by atoms with Gasteiger partial charge in [0.25, 0.3) is 0 Å². The molecule has 0 aliphatic carbocycles. The van der Waals surface area contributed by atoms with E-state index >= 15 is 0 Å².